The summed E-state index contributed by atoms with van der Waals surface area (Å²) in [5, 5.41) is 8.81. The first-order valence-corrected chi connectivity index (χ1v) is 5.13. The molecule has 1 aromatic heterocycles. The molecule has 2 aromatic rings. The zero-order valence-electron chi connectivity index (χ0n) is 7.40. The van der Waals surface area contributed by atoms with Gasteiger partial charge in [-0.05, 0) is 12.0 Å². The van der Waals surface area contributed by atoms with Crippen LogP contribution >= 0.6 is 11.3 Å². The van der Waals surface area contributed by atoms with Crippen LogP contribution in [0.15, 0.2) is 29.8 Å². The Morgan fingerprint density at radius 3 is 2.54 bits per heavy atom. The van der Waals surface area contributed by atoms with Gasteiger partial charge in [0.1, 0.15) is 10.5 Å². The molecule has 0 atom stereocenters. The van der Waals surface area contributed by atoms with Gasteiger partial charge in [-0.1, -0.05) is 42.5 Å². The second-order valence-electron chi connectivity index (χ2n) is 2.79. The summed E-state index contributed by atoms with van der Waals surface area (Å²) in [6.07, 6.45) is 1.08. The topological polar surface area (TPSA) is 25.8 Å². The Kier molecular flexibility index (Phi) is 2.36. The molecule has 0 radical (unpaired) electrons. The molecular formula is C10H10N2S. The molecule has 2 nitrogen and oxygen atoms in total. The molecular weight excluding hydrogens is 180 g/mol. The van der Waals surface area contributed by atoms with Crippen LogP contribution in [-0.4, -0.2) is 10.2 Å². The van der Waals surface area contributed by atoms with Crippen molar-refractivity contribution in [2.24, 2.45) is 0 Å². The number of rotatable bonds is 2. The van der Waals surface area contributed by atoms with E-state index in [-0.39, 0.29) is 0 Å². The summed E-state index contributed by atoms with van der Waals surface area (Å²) >= 11 is 1.57. The molecule has 2 rings (SSSR count). The summed E-state index contributed by atoms with van der Waals surface area (Å²) in [4.78, 5) is 0. The van der Waals surface area contributed by atoms with Gasteiger partial charge in [0.25, 0.3) is 0 Å². The smallest absolute Gasteiger partial charge is 0.147 e. The van der Waals surface area contributed by atoms with E-state index in [0.717, 1.165) is 17.0 Å². The van der Waals surface area contributed by atoms with E-state index in [1.807, 2.05) is 0 Å². The van der Waals surface area contributed by atoms with Crippen LogP contribution in [-0.2, 0) is 6.42 Å². The number of benzene rings is 1. The van der Waals surface area contributed by atoms with Crippen molar-refractivity contribution >= 4 is 11.3 Å². The van der Waals surface area contributed by atoms with Gasteiger partial charge in [-0.3, -0.25) is 0 Å². The molecule has 0 aliphatic rings. The number of aryl methyl sites for hydroxylation is 1. The van der Waals surface area contributed by atoms with Crippen LogP contribution in [0.4, 0.5) is 0 Å². The Morgan fingerprint density at radius 2 is 2.00 bits per heavy atom. The third kappa shape index (κ3) is 1.75. The highest BCUT2D eigenvalue weighted by Gasteiger charge is 1.99. The molecule has 3 heteroatoms. The minimum absolute atomic E-state index is 0.989. The van der Waals surface area contributed by atoms with E-state index in [1.54, 1.807) is 16.8 Å². The van der Waals surface area contributed by atoms with Crippen molar-refractivity contribution in [3.8, 4) is 10.6 Å². The molecule has 0 saturated carbocycles. The third-order valence-electron chi connectivity index (χ3n) is 1.97. The molecule has 0 aliphatic carbocycles. The van der Waals surface area contributed by atoms with E-state index >= 15 is 0 Å². The lowest BCUT2D eigenvalue weighted by atomic mass is 10.1. The van der Waals surface area contributed by atoms with E-state index in [4.69, 9.17) is 0 Å². The fourth-order valence-corrected chi connectivity index (χ4v) is 1.74. The molecule has 66 valence electrons. The van der Waals surface area contributed by atoms with Crippen molar-refractivity contribution in [2.45, 2.75) is 13.3 Å². The van der Waals surface area contributed by atoms with Gasteiger partial charge in [-0.2, -0.15) is 0 Å². The van der Waals surface area contributed by atoms with Crippen molar-refractivity contribution in [3.05, 3.63) is 35.3 Å². The van der Waals surface area contributed by atoms with Crippen LogP contribution in [0, 0.1) is 0 Å². The molecule has 0 saturated heterocycles. The van der Waals surface area contributed by atoms with Crippen molar-refractivity contribution in [3.63, 3.8) is 0 Å². The molecule has 1 heterocycles. The predicted molar refractivity (Wildman–Crippen MR) is 54.7 cm³/mol. The number of hydrogen-bond acceptors (Lipinski definition) is 3. The molecule has 0 N–H and O–H groups in total. The second kappa shape index (κ2) is 3.66. The molecule has 0 bridgehead atoms. The summed E-state index contributed by atoms with van der Waals surface area (Å²) in [5.74, 6) is 0. The first-order chi connectivity index (χ1) is 6.40. The van der Waals surface area contributed by atoms with E-state index < -0.39 is 0 Å². The normalized spacial score (nSPS) is 10.2. The van der Waals surface area contributed by atoms with E-state index in [0.29, 0.717) is 0 Å². The third-order valence-corrected chi connectivity index (χ3v) is 2.71. The highest BCUT2D eigenvalue weighted by Crippen LogP contribution is 2.20. The van der Waals surface area contributed by atoms with Crippen molar-refractivity contribution in [1.29, 1.82) is 0 Å². The van der Waals surface area contributed by atoms with Crippen molar-refractivity contribution in [2.75, 3.05) is 0 Å². The van der Waals surface area contributed by atoms with E-state index in [1.165, 1.54) is 5.56 Å². The van der Waals surface area contributed by atoms with Crippen molar-refractivity contribution < 1.29 is 0 Å². The fraction of sp³-hybridized carbons (Fsp3) is 0.200. The molecule has 13 heavy (non-hydrogen) atoms. The molecule has 0 fully saturated rings. The molecule has 1 aromatic carbocycles. The zero-order valence-corrected chi connectivity index (χ0v) is 8.21. The van der Waals surface area contributed by atoms with Gasteiger partial charge >= 0.3 is 0 Å². The Balaban J connectivity index is 2.33. The molecule has 0 spiro atoms. The summed E-state index contributed by atoms with van der Waals surface area (Å²) in [7, 11) is 0. The highest BCUT2D eigenvalue weighted by molar-refractivity contribution is 7.12. The fourth-order valence-electron chi connectivity index (χ4n) is 1.18. The van der Waals surface area contributed by atoms with Crippen LogP contribution in [0.25, 0.3) is 10.6 Å². The average Bonchev–Trinajstić information content (AvgIpc) is 2.71. The largest absolute Gasteiger partial charge is 0.147 e. The van der Waals surface area contributed by atoms with Crippen LogP contribution in [0.1, 0.15) is 12.5 Å². The van der Waals surface area contributed by atoms with Gasteiger partial charge in [0.2, 0.25) is 0 Å². The number of hydrogen-bond donors (Lipinski definition) is 0. The lowest BCUT2D eigenvalue weighted by Crippen LogP contribution is -1.80. The summed E-state index contributed by atoms with van der Waals surface area (Å²) < 4.78 is 0. The maximum absolute atomic E-state index is 4.01. The summed E-state index contributed by atoms with van der Waals surface area (Å²) in [6, 6.07) is 8.46. The van der Waals surface area contributed by atoms with Crippen LogP contribution in [0.2, 0.25) is 0 Å². The minimum atomic E-state index is 0.989. The quantitative estimate of drug-likeness (QED) is 0.727. The lowest BCUT2D eigenvalue weighted by molar-refractivity contribution is 1.09. The van der Waals surface area contributed by atoms with Gasteiger partial charge in [0.05, 0.1) is 0 Å². The van der Waals surface area contributed by atoms with Gasteiger partial charge in [0.15, 0.2) is 0 Å². The number of nitrogens with zero attached hydrogens (tertiary/aromatic N) is 2. The van der Waals surface area contributed by atoms with E-state index in [2.05, 4.69) is 41.4 Å². The van der Waals surface area contributed by atoms with Crippen LogP contribution in [0.5, 0.6) is 0 Å². The monoisotopic (exact) mass is 190 g/mol. The highest BCUT2D eigenvalue weighted by atomic mass is 32.1. The average molecular weight is 190 g/mol. The van der Waals surface area contributed by atoms with Gasteiger partial charge < -0.3 is 0 Å². The minimum Gasteiger partial charge on any atom is -0.147 e. The maximum atomic E-state index is 4.01. The van der Waals surface area contributed by atoms with E-state index in [9.17, 15) is 0 Å². The van der Waals surface area contributed by atoms with Crippen LogP contribution in [0.3, 0.4) is 0 Å². The zero-order chi connectivity index (χ0) is 9.10. The number of aromatic nitrogens is 2. The molecule has 0 aliphatic heterocycles. The predicted octanol–water partition coefficient (Wildman–Crippen LogP) is 2.77. The molecule has 0 amide bonds. The maximum Gasteiger partial charge on any atom is 0.147 e. The summed E-state index contributed by atoms with van der Waals surface area (Å²) in [6.45, 7) is 2.15. The van der Waals surface area contributed by atoms with Gasteiger partial charge in [-0.25, -0.2) is 0 Å². The Bertz CT molecular complexity index is 364. The Morgan fingerprint density at radius 1 is 1.23 bits per heavy atom. The first-order valence-electron chi connectivity index (χ1n) is 4.25. The van der Waals surface area contributed by atoms with Gasteiger partial charge in [0, 0.05) is 5.56 Å². The SMILES string of the molecule is CCc1ccc(-c2nncs2)cc1. The first kappa shape index (κ1) is 8.38. The van der Waals surface area contributed by atoms with Crippen molar-refractivity contribution in [1.82, 2.24) is 10.2 Å². The Labute approximate surface area is 81.3 Å². The summed E-state index contributed by atoms with van der Waals surface area (Å²) in [5.41, 5.74) is 4.26. The molecule has 0 unspecified atom stereocenters. The van der Waals surface area contributed by atoms with Crippen LogP contribution < -0.4 is 0 Å². The lowest BCUT2D eigenvalue weighted by Gasteiger charge is -1.97. The standard InChI is InChI=1S/C10H10N2S/c1-2-8-3-5-9(6-4-8)10-12-11-7-13-10/h3-7H,2H2,1H3. The van der Waals surface area contributed by atoms with Gasteiger partial charge in [-0.15, -0.1) is 10.2 Å². The Hall–Kier alpha value is -1.22. The second-order valence-corrected chi connectivity index (χ2v) is 3.63.